The lowest BCUT2D eigenvalue weighted by Gasteiger charge is -2.16. The van der Waals surface area contributed by atoms with Gasteiger partial charge >= 0.3 is 0 Å². The first-order chi connectivity index (χ1) is 9.28. The topological polar surface area (TPSA) is 44.4 Å². The Morgan fingerprint density at radius 1 is 1.26 bits per heavy atom. The molecule has 1 heterocycles. The minimum Gasteiger partial charge on any atom is -0.387 e. The Bertz CT molecular complexity index is 470. The zero-order valence-electron chi connectivity index (χ0n) is 11.4. The van der Waals surface area contributed by atoms with Gasteiger partial charge in [0.2, 0.25) is 0 Å². The maximum Gasteiger partial charge on any atom is 0.253 e. The quantitative estimate of drug-likeness (QED) is 0.865. The molecule has 1 aromatic carbocycles. The second kappa shape index (κ2) is 5.21. The van der Waals surface area contributed by atoms with Crippen LogP contribution in [0.15, 0.2) is 24.3 Å². The third-order valence-electron chi connectivity index (χ3n) is 4.06. The lowest BCUT2D eigenvalue weighted by Crippen LogP contribution is -2.37. The summed E-state index contributed by atoms with van der Waals surface area (Å²) in [6.45, 7) is 2.14. The van der Waals surface area contributed by atoms with E-state index in [1.807, 2.05) is 31.3 Å². The largest absolute Gasteiger partial charge is 0.387 e. The average Bonchev–Trinajstić information content (AvgIpc) is 3.19. The number of likely N-dealkylation sites (tertiary alicyclic amines) is 1. The normalized spacial score (nSPS) is 23.3. The predicted molar refractivity (Wildman–Crippen MR) is 76.5 cm³/mol. The van der Waals surface area contributed by atoms with Crippen LogP contribution in [0.2, 0.25) is 0 Å². The van der Waals surface area contributed by atoms with Crippen molar-refractivity contribution >= 4 is 11.6 Å². The Morgan fingerprint density at radius 2 is 2.05 bits per heavy atom. The molecular weight excluding hydrogens is 238 g/mol. The standard InChI is InChI=1S/C15H21N3O/c1-16-14-5-3-2-4-13(14)15(19)17-11-8-9-18(10-11)12-6-7-12/h2-5,11-12,16H,6-10H2,1H3,(H,17,19). The number of carbonyl (C=O) groups is 1. The maximum absolute atomic E-state index is 12.3. The van der Waals surface area contributed by atoms with Crippen molar-refractivity contribution in [2.45, 2.75) is 31.3 Å². The Hall–Kier alpha value is -1.55. The number of rotatable bonds is 4. The van der Waals surface area contributed by atoms with Gasteiger partial charge in [-0.1, -0.05) is 12.1 Å². The molecule has 1 saturated heterocycles. The highest BCUT2D eigenvalue weighted by Crippen LogP contribution is 2.29. The lowest BCUT2D eigenvalue weighted by atomic mass is 10.1. The van der Waals surface area contributed by atoms with Crippen LogP contribution in [0.3, 0.4) is 0 Å². The third kappa shape index (κ3) is 2.73. The van der Waals surface area contributed by atoms with E-state index in [0.29, 0.717) is 6.04 Å². The van der Waals surface area contributed by atoms with E-state index in [2.05, 4.69) is 15.5 Å². The molecule has 0 bridgehead atoms. The van der Waals surface area contributed by atoms with Gasteiger partial charge in [-0.3, -0.25) is 9.69 Å². The van der Waals surface area contributed by atoms with Crippen molar-refractivity contribution < 1.29 is 4.79 Å². The number of hydrogen-bond donors (Lipinski definition) is 2. The first kappa shape index (κ1) is 12.5. The van der Waals surface area contributed by atoms with E-state index < -0.39 is 0 Å². The highest BCUT2D eigenvalue weighted by atomic mass is 16.1. The number of amides is 1. The molecule has 4 nitrogen and oxygen atoms in total. The number of carbonyl (C=O) groups excluding carboxylic acids is 1. The second-order valence-electron chi connectivity index (χ2n) is 5.48. The SMILES string of the molecule is CNc1ccccc1C(=O)NC1CCN(C2CC2)C1. The van der Waals surface area contributed by atoms with Crippen LogP contribution in [0.4, 0.5) is 5.69 Å². The van der Waals surface area contributed by atoms with Crippen molar-refractivity contribution in [3.05, 3.63) is 29.8 Å². The average molecular weight is 259 g/mol. The smallest absolute Gasteiger partial charge is 0.253 e. The highest BCUT2D eigenvalue weighted by molar-refractivity contribution is 5.99. The van der Waals surface area contributed by atoms with Crippen LogP contribution < -0.4 is 10.6 Å². The van der Waals surface area contributed by atoms with Gasteiger partial charge in [0.25, 0.3) is 5.91 Å². The summed E-state index contributed by atoms with van der Waals surface area (Å²) in [4.78, 5) is 14.8. The van der Waals surface area contributed by atoms with Crippen LogP contribution >= 0.6 is 0 Å². The van der Waals surface area contributed by atoms with Crippen LogP contribution in [0.1, 0.15) is 29.6 Å². The molecule has 1 aromatic rings. The zero-order valence-corrected chi connectivity index (χ0v) is 11.4. The summed E-state index contributed by atoms with van der Waals surface area (Å²) >= 11 is 0. The van der Waals surface area contributed by atoms with Gasteiger partial charge in [0.15, 0.2) is 0 Å². The summed E-state index contributed by atoms with van der Waals surface area (Å²) in [7, 11) is 1.84. The van der Waals surface area contributed by atoms with Crippen molar-refractivity contribution in [3.8, 4) is 0 Å². The summed E-state index contributed by atoms with van der Waals surface area (Å²) < 4.78 is 0. The Morgan fingerprint density at radius 3 is 2.79 bits per heavy atom. The molecule has 1 aliphatic carbocycles. The number of hydrogen-bond acceptors (Lipinski definition) is 3. The highest BCUT2D eigenvalue weighted by Gasteiger charge is 2.34. The Balaban J connectivity index is 1.61. The first-order valence-corrected chi connectivity index (χ1v) is 7.09. The minimum atomic E-state index is 0.0348. The van der Waals surface area contributed by atoms with Gasteiger partial charge in [0, 0.05) is 37.9 Å². The Kier molecular flexibility index (Phi) is 3.42. The van der Waals surface area contributed by atoms with E-state index in [1.165, 1.54) is 12.8 Å². The van der Waals surface area contributed by atoms with Crippen LogP contribution in [0, 0.1) is 0 Å². The summed E-state index contributed by atoms with van der Waals surface area (Å²) in [6.07, 6.45) is 3.75. The van der Waals surface area contributed by atoms with Crippen molar-refractivity contribution in [3.63, 3.8) is 0 Å². The van der Waals surface area contributed by atoms with E-state index in [0.717, 1.165) is 36.8 Å². The minimum absolute atomic E-state index is 0.0348. The monoisotopic (exact) mass is 259 g/mol. The summed E-state index contributed by atoms with van der Waals surface area (Å²) in [6, 6.07) is 8.74. The molecule has 2 aliphatic rings. The molecular formula is C15H21N3O. The number of nitrogens with one attached hydrogen (secondary N) is 2. The molecule has 102 valence electrons. The first-order valence-electron chi connectivity index (χ1n) is 7.09. The molecule has 0 aromatic heterocycles. The molecule has 1 unspecified atom stereocenters. The fourth-order valence-electron chi connectivity index (χ4n) is 2.84. The van der Waals surface area contributed by atoms with Crippen LogP contribution in [-0.2, 0) is 0 Å². The predicted octanol–water partition coefficient (Wildman–Crippen LogP) is 1.69. The molecule has 1 saturated carbocycles. The summed E-state index contributed by atoms with van der Waals surface area (Å²) in [5, 5.41) is 6.23. The van der Waals surface area contributed by atoms with Crippen LogP contribution in [0.25, 0.3) is 0 Å². The molecule has 2 N–H and O–H groups in total. The summed E-state index contributed by atoms with van der Waals surface area (Å²) in [5.74, 6) is 0.0348. The van der Waals surface area contributed by atoms with Crippen LogP contribution in [0.5, 0.6) is 0 Å². The molecule has 0 radical (unpaired) electrons. The van der Waals surface area contributed by atoms with E-state index in [9.17, 15) is 4.79 Å². The van der Waals surface area contributed by atoms with E-state index in [4.69, 9.17) is 0 Å². The molecule has 2 fully saturated rings. The van der Waals surface area contributed by atoms with E-state index >= 15 is 0 Å². The number of benzene rings is 1. The Labute approximate surface area is 114 Å². The zero-order chi connectivity index (χ0) is 13.2. The number of para-hydroxylation sites is 1. The molecule has 1 aliphatic heterocycles. The van der Waals surface area contributed by atoms with Gasteiger partial charge in [0.05, 0.1) is 5.56 Å². The van der Waals surface area contributed by atoms with Gasteiger partial charge in [-0.15, -0.1) is 0 Å². The number of nitrogens with zero attached hydrogens (tertiary/aromatic N) is 1. The molecule has 0 spiro atoms. The van der Waals surface area contributed by atoms with Gasteiger partial charge in [-0.2, -0.15) is 0 Å². The second-order valence-corrected chi connectivity index (χ2v) is 5.48. The maximum atomic E-state index is 12.3. The molecule has 3 rings (SSSR count). The van der Waals surface area contributed by atoms with Crippen molar-refractivity contribution in [2.75, 3.05) is 25.5 Å². The van der Waals surface area contributed by atoms with Crippen molar-refractivity contribution in [1.29, 1.82) is 0 Å². The van der Waals surface area contributed by atoms with Gasteiger partial charge in [0.1, 0.15) is 0 Å². The lowest BCUT2D eigenvalue weighted by molar-refractivity contribution is 0.0938. The van der Waals surface area contributed by atoms with Gasteiger partial charge < -0.3 is 10.6 Å². The van der Waals surface area contributed by atoms with E-state index in [1.54, 1.807) is 0 Å². The fraction of sp³-hybridized carbons (Fsp3) is 0.533. The molecule has 4 heteroatoms. The van der Waals surface area contributed by atoms with E-state index in [-0.39, 0.29) is 5.91 Å². The molecule has 19 heavy (non-hydrogen) atoms. The van der Waals surface area contributed by atoms with Gasteiger partial charge in [-0.25, -0.2) is 0 Å². The third-order valence-corrected chi connectivity index (χ3v) is 4.06. The van der Waals surface area contributed by atoms with Crippen molar-refractivity contribution in [2.24, 2.45) is 0 Å². The van der Waals surface area contributed by atoms with Crippen LogP contribution in [-0.4, -0.2) is 43.0 Å². The summed E-state index contributed by atoms with van der Waals surface area (Å²) in [5.41, 5.74) is 1.62. The van der Waals surface area contributed by atoms with Crippen molar-refractivity contribution in [1.82, 2.24) is 10.2 Å². The fourth-order valence-corrected chi connectivity index (χ4v) is 2.84. The number of anilines is 1. The molecule has 1 atom stereocenters. The van der Waals surface area contributed by atoms with Gasteiger partial charge in [-0.05, 0) is 31.4 Å². The molecule has 1 amide bonds.